The molecule has 7 nitrogen and oxygen atoms in total. The van der Waals surface area contributed by atoms with Crippen molar-refractivity contribution in [2.45, 2.75) is 6.92 Å². The number of hydrogen-bond donors (Lipinski definition) is 1. The van der Waals surface area contributed by atoms with Crippen molar-refractivity contribution in [3.8, 4) is 11.6 Å². The Bertz CT molecular complexity index is 1150. The third kappa shape index (κ3) is 3.25. The van der Waals surface area contributed by atoms with Gasteiger partial charge in [-0.3, -0.25) is 14.7 Å². The zero-order valence-corrected chi connectivity index (χ0v) is 15.4. The van der Waals surface area contributed by atoms with E-state index in [-0.39, 0.29) is 5.69 Å². The molecule has 2 heterocycles. The van der Waals surface area contributed by atoms with Crippen molar-refractivity contribution in [2.24, 2.45) is 0 Å². The Morgan fingerprint density at radius 3 is 2.43 bits per heavy atom. The molecular weight excluding hydrogens is 356 g/mol. The summed E-state index contributed by atoms with van der Waals surface area (Å²) in [6.07, 6.45) is 1.28. The number of benzene rings is 2. The molecule has 1 N–H and O–H groups in total. The fourth-order valence-electron chi connectivity index (χ4n) is 3.19. The van der Waals surface area contributed by atoms with Crippen LogP contribution in [-0.2, 0) is 0 Å². The normalized spacial score (nSPS) is 10.8. The third-order valence-corrected chi connectivity index (χ3v) is 4.54. The van der Waals surface area contributed by atoms with Crippen molar-refractivity contribution in [1.29, 1.82) is 0 Å². The fraction of sp³-hybridized carbons (Fsp3) is 0.0952. The summed E-state index contributed by atoms with van der Waals surface area (Å²) in [5.74, 6) is 1.46. The molecule has 0 fully saturated rings. The number of ether oxygens (including phenoxy) is 1. The van der Waals surface area contributed by atoms with Gasteiger partial charge >= 0.3 is 0 Å². The van der Waals surface area contributed by atoms with Crippen molar-refractivity contribution >= 4 is 28.0 Å². The van der Waals surface area contributed by atoms with E-state index < -0.39 is 4.92 Å². The van der Waals surface area contributed by atoms with Gasteiger partial charge in [0.1, 0.15) is 17.8 Å². The number of methoxy groups -OCH3 is 1. The van der Waals surface area contributed by atoms with E-state index in [4.69, 9.17) is 4.74 Å². The first-order valence-corrected chi connectivity index (χ1v) is 8.69. The molecule has 28 heavy (non-hydrogen) atoms. The maximum Gasteiger partial charge on any atom is 0.287 e. The van der Waals surface area contributed by atoms with Crippen LogP contribution in [0.15, 0.2) is 66.9 Å². The highest BCUT2D eigenvalue weighted by Crippen LogP contribution is 2.28. The lowest BCUT2D eigenvalue weighted by Gasteiger charge is -2.09. The Morgan fingerprint density at radius 2 is 1.79 bits per heavy atom. The minimum atomic E-state index is -0.450. The number of rotatable bonds is 5. The molecule has 7 heteroatoms. The predicted octanol–water partition coefficient (Wildman–Crippen LogP) is 4.99. The van der Waals surface area contributed by atoms with Crippen LogP contribution in [0.25, 0.3) is 16.7 Å². The van der Waals surface area contributed by atoms with Crippen molar-refractivity contribution < 1.29 is 9.66 Å². The number of nitrogens with zero attached hydrogens (tertiary/aromatic N) is 3. The molecule has 140 valence electrons. The average molecular weight is 374 g/mol. The van der Waals surface area contributed by atoms with E-state index in [9.17, 15) is 10.1 Å². The first-order valence-electron chi connectivity index (χ1n) is 8.69. The number of nitro groups is 1. The summed E-state index contributed by atoms with van der Waals surface area (Å²) < 4.78 is 7.16. The van der Waals surface area contributed by atoms with Gasteiger partial charge in [0.25, 0.3) is 5.69 Å². The maximum absolute atomic E-state index is 10.8. The molecular formula is C21H18N4O3. The molecule has 2 aromatic carbocycles. The summed E-state index contributed by atoms with van der Waals surface area (Å²) in [7, 11) is 1.64. The molecule has 0 saturated heterocycles. The van der Waals surface area contributed by atoms with Crippen LogP contribution in [0.1, 0.15) is 5.69 Å². The molecule has 0 spiro atoms. The number of aryl methyl sites for hydroxylation is 1. The van der Waals surface area contributed by atoms with Crippen LogP contribution in [0, 0.1) is 17.0 Å². The van der Waals surface area contributed by atoms with Gasteiger partial charge in [0.05, 0.1) is 17.5 Å². The lowest BCUT2D eigenvalue weighted by atomic mass is 10.2. The van der Waals surface area contributed by atoms with Gasteiger partial charge in [0.2, 0.25) is 0 Å². The van der Waals surface area contributed by atoms with Gasteiger partial charge < -0.3 is 10.1 Å². The average Bonchev–Trinajstić information content (AvgIpc) is 3.03. The Balaban J connectivity index is 1.67. The summed E-state index contributed by atoms with van der Waals surface area (Å²) in [4.78, 5) is 14.6. The molecule has 4 aromatic rings. The second-order valence-corrected chi connectivity index (χ2v) is 6.38. The summed E-state index contributed by atoms with van der Waals surface area (Å²) in [6, 6.07) is 19.0. The molecule has 0 radical (unpaired) electrons. The van der Waals surface area contributed by atoms with Crippen LogP contribution in [0.4, 0.5) is 17.1 Å². The molecule has 0 bridgehead atoms. The molecule has 0 aliphatic heterocycles. The highest BCUT2D eigenvalue weighted by molar-refractivity contribution is 5.87. The van der Waals surface area contributed by atoms with Crippen LogP contribution in [-0.4, -0.2) is 21.6 Å². The van der Waals surface area contributed by atoms with Gasteiger partial charge in [-0.2, -0.15) is 0 Å². The predicted molar refractivity (Wildman–Crippen MR) is 109 cm³/mol. The topological polar surface area (TPSA) is 82.2 Å². The lowest BCUT2D eigenvalue weighted by Crippen LogP contribution is -2.00. The van der Waals surface area contributed by atoms with Crippen molar-refractivity contribution in [2.75, 3.05) is 12.4 Å². The highest BCUT2D eigenvalue weighted by Gasteiger charge is 2.12. The molecule has 2 aromatic heterocycles. The monoisotopic (exact) mass is 374 g/mol. The molecule has 0 amide bonds. The zero-order chi connectivity index (χ0) is 19.7. The van der Waals surface area contributed by atoms with Crippen LogP contribution < -0.4 is 10.1 Å². The highest BCUT2D eigenvalue weighted by atomic mass is 16.6. The van der Waals surface area contributed by atoms with E-state index in [1.165, 1.54) is 12.3 Å². The number of anilines is 2. The third-order valence-electron chi connectivity index (χ3n) is 4.54. The molecule has 0 aliphatic rings. The van der Waals surface area contributed by atoms with Crippen molar-refractivity contribution in [1.82, 2.24) is 9.55 Å². The SMILES string of the molecule is COc1ccc(Nc2ccc3c(c2)cc(C)n3-c2ccc([N+](=O)[O-])cn2)cc1. The Morgan fingerprint density at radius 1 is 1.04 bits per heavy atom. The molecule has 4 rings (SSSR count). The van der Waals surface area contributed by atoms with Gasteiger partial charge in [-0.1, -0.05) is 0 Å². The Kier molecular flexibility index (Phi) is 4.41. The smallest absolute Gasteiger partial charge is 0.287 e. The van der Waals surface area contributed by atoms with E-state index >= 15 is 0 Å². The van der Waals surface area contributed by atoms with E-state index in [0.29, 0.717) is 5.82 Å². The molecule has 0 aliphatic carbocycles. The second kappa shape index (κ2) is 7.03. The maximum atomic E-state index is 10.8. The summed E-state index contributed by atoms with van der Waals surface area (Å²) >= 11 is 0. The summed E-state index contributed by atoms with van der Waals surface area (Å²) in [5.41, 5.74) is 3.89. The van der Waals surface area contributed by atoms with Crippen LogP contribution in [0.5, 0.6) is 5.75 Å². The van der Waals surface area contributed by atoms with Crippen LogP contribution in [0.3, 0.4) is 0 Å². The van der Waals surface area contributed by atoms with Crippen LogP contribution >= 0.6 is 0 Å². The number of fused-ring (bicyclic) bond motifs is 1. The number of aromatic nitrogens is 2. The number of nitrogens with one attached hydrogen (secondary N) is 1. The summed E-state index contributed by atoms with van der Waals surface area (Å²) in [6.45, 7) is 1.99. The van der Waals surface area contributed by atoms with Gasteiger partial charge in [0, 0.05) is 28.5 Å². The fourth-order valence-corrected chi connectivity index (χ4v) is 3.19. The van der Waals surface area contributed by atoms with E-state index in [2.05, 4.69) is 22.4 Å². The van der Waals surface area contributed by atoms with E-state index in [0.717, 1.165) is 33.7 Å². The molecule has 0 atom stereocenters. The van der Waals surface area contributed by atoms with Crippen LogP contribution in [0.2, 0.25) is 0 Å². The van der Waals surface area contributed by atoms with Gasteiger partial charge in [-0.05, 0) is 61.5 Å². The summed E-state index contributed by atoms with van der Waals surface area (Å²) in [5, 5.41) is 15.3. The van der Waals surface area contributed by atoms with Gasteiger partial charge in [-0.25, -0.2) is 4.98 Å². The standard InChI is InChI=1S/C21H18N4O3/c1-14-11-15-12-17(23-16-3-7-19(28-2)8-4-16)5-9-20(15)24(14)21-10-6-18(13-22-21)25(26)27/h3-13,23H,1-2H3. The van der Waals surface area contributed by atoms with E-state index in [1.807, 2.05) is 47.9 Å². The quantitative estimate of drug-likeness (QED) is 0.393. The number of hydrogen-bond acceptors (Lipinski definition) is 5. The Labute approximate surface area is 161 Å². The van der Waals surface area contributed by atoms with Crippen molar-refractivity contribution in [3.05, 3.63) is 82.7 Å². The molecule has 0 saturated carbocycles. The first-order chi connectivity index (χ1) is 13.5. The minimum Gasteiger partial charge on any atom is -0.497 e. The largest absolute Gasteiger partial charge is 0.497 e. The first kappa shape index (κ1) is 17.5. The zero-order valence-electron chi connectivity index (χ0n) is 15.4. The lowest BCUT2D eigenvalue weighted by molar-refractivity contribution is -0.385. The van der Waals surface area contributed by atoms with Crippen molar-refractivity contribution in [3.63, 3.8) is 0 Å². The molecule has 0 unspecified atom stereocenters. The van der Waals surface area contributed by atoms with Gasteiger partial charge in [0.15, 0.2) is 0 Å². The second-order valence-electron chi connectivity index (χ2n) is 6.38. The minimum absolute atomic E-state index is 0.0242. The van der Waals surface area contributed by atoms with Gasteiger partial charge in [-0.15, -0.1) is 0 Å². The number of pyridine rings is 1. The Hall–Kier alpha value is -3.87. The van der Waals surface area contributed by atoms with E-state index in [1.54, 1.807) is 13.2 Å².